The van der Waals surface area contributed by atoms with Gasteiger partial charge in [-0.3, -0.25) is 4.79 Å². The number of hydrogen-bond donors (Lipinski definition) is 0. The molecule has 1 aliphatic heterocycles. The summed E-state index contributed by atoms with van der Waals surface area (Å²) in [7, 11) is -3.84. The summed E-state index contributed by atoms with van der Waals surface area (Å²) >= 11 is 0. The minimum Gasteiger partial charge on any atom is -0.373 e. The van der Waals surface area contributed by atoms with Gasteiger partial charge in [0.25, 0.3) is 0 Å². The van der Waals surface area contributed by atoms with Gasteiger partial charge in [0.2, 0.25) is 5.91 Å². The number of sulfone groups is 1. The zero-order valence-corrected chi connectivity index (χ0v) is 19.0. The van der Waals surface area contributed by atoms with Crippen LogP contribution in [0.25, 0.3) is 22.4 Å². The predicted octanol–water partition coefficient (Wildman–Crippen LogP) is 3.08. The third kappa shape index (κ3) is 4.47. The fourth-order valence-electron chi connectivity index (χ4n) is 3.92. The van der Waals surface area contributed by atoms with Crippen LogP contribution in [-0.2, 0) is 25.9 Å². The molecule has 11 heteroatoms. The highest BCUT2D eigenvalue weighted by Gasteiger charge is 2.28. The summed E-state index contributed by atoms with van der Waals surface area (Å²) in [5, 5.41) is 0. The lowest BCUT2D eigenvalue weighted by atomic mass is 10.1. The minimum absolute atomic E-state index is 0.0465. The molecule has 1 saturated heterocycles. The summed E-state index contributed by atoms with van der Waals surface area (Å²) in [5.41, 5.74) is 0.386. The number of nitrogens with zero attached hydrogens (tertiary/aromatic N) is 3. The Morgan fingerprint density at radius 2 is 1.82 bits per heavy atom. The van der Waals surface area contributed by atoms with E-state index in [-0.39, 0.29) is 31.4 Å². The van der Waals surface area contributed by atoms with E-state index in [0.29, 0.717) is 23.1 Å². The molecule has 2 heterocycles. The van der Waals surface area contributed by atoms with E-state index in [1.807, 2.05) is 0 Å². The van der Waals surface area contributed by atoms with Crippen LogP contribution in [0.15, 0.2) is 29.2 Å². The van der Waals surface area contributed by atoms with Gasteiger partial charge in [-0.1, -0.05) is 0 Å². The summed E-state index contributed by atoms with van der Waals surface area (Å²) in [6.07, 6.45) is 0.327. The molecule has 0 radical (unpaired) electrons. The van der Waals surface area contributed by atoms with E-state index in [4.69, 9.17) is 4.74 Å². The first-order valence-corrected chi connectivity index (χ1v) is 12.1. The number of ether oxygens (including phenoxy) is 1. The van der Waals surface area contributed by atoms with E-state index >= 15 is 8.78 Å². The summed E-state index contributed by atoms with van der Waals surface area (Å²) < 4.78 is 75.2. The third-order valence-corrected chi connectivity index (χ3v) is 6.76. The lowest BCUT2D eigenvalue weighted by Crippen LogP contribution is -2.46. The van der Waals surface area contributed by atoms with Crippen LogP contribution in [0, 0.1) is 24.4 Å². The Morgan fingerprint density at radius 1 is 1.15 bits per heavy atom. The van der Waals surface area contributed by atoms with Crippen molar-refractivity contribution in [2.45, 2.75) is 31.4 Å². The van der Waals surface area contributed by atoms with Gasteiger partial charge in [-0.15, -0.1) is 0 Å². The molecule has 3 aromatic rings. The fraction of sp³-hybridized carbons (Fsp3) is 0.364. The van der Waals surface area contributed by atoms with E-state index in [1.54, 1.807) is 11.8 Å². The second-order valence-corrected chi connectivity index (χ2v) is 10.1. The number of benzene rings is 2. The molecule has 33 heavy (non-hydrogen) atoms. The molecule has 1 aromatic heterocycles. The summed E-state index contributed by atoms with van der Waals surface area (Å²) in [4.78, 5) is 17.2. The van der Waals surface area contributed by atoms with E-state index in [9.17, 15) is 17.6 Å². The Bertz CT molecular complexity index is 1350. The van der Waals surface area contributed by atoms with Crippen molar-refractivity contribution in [3.05, 3.63) is 47.3 Å². The van der Waals surface area contributed by atoms with Crippen molar-refractivity contribution < 1.29 is 31.1 Å². The Balaban J connectivity index is 1.88. The number of aryl methyl sites for hydroxylation is 1. The average Bonchev–Trinajstić information content (AvgIpc) is 3.04. The largest absolute Gasteiger partial charge is 0.373 e. The van der Waals surface area contributed by atoms with Crippen molar-refractivity contribution in [1.82, 2.24) is 14.5 Å². The van der Waals surface area contributed by atoms with Gasteiger partial charge < -0.3 is 14.2 Å². The molecule has 0 bridgehead atoms. The standard InChI is InChI=1S/C22H22F3N3O4S/c1-12-6-19-20(9-16(12)23)28(11-14-10-27(13(2)29)4-5-32-14)22(26-19)21-17(24)7-15(8-18(21)25)33(3,30)31/h6-9,14H,4-5,10-11H2,1-3H3/t14-/m1/s1. The fourth-order valence-corrected chi connectivity index (χ4v) is 4.56. The van der Waals surface area contributed by atoms with E-state index in [1.165, 1.54) is 23.6 Å². The van der Waals surface area contributed by atoms with Crippen molar-refractivity contribution >= 4 is 26.8 Å². The van der Waals surface area contributed by atoms with E-state index in [2.05, 4.69) is 4.98 Å². The number of rotatable bonds is 4. The van der Waals surface area contributed by atoms with Crippen LogP contribution in [0.1, 0.15) is 12.5 Å². The molecule has 4 rings (SSSR count). The molecule has 1 atom stereocenters. The topological polar surface area (TPSA) is 81.5 Å². The molecular weight excluding hydrogens is 459 g/mol. The van der Waals surface area contributed by atoms with Crippen molar-refractivity contribution in [2.24, 2.45) is 0 Å². The van der Waals surface area contributed by atoms with Gasteiger partial charge in [-0.05, 0) is 30.7 Å². The number of fused-ring (bicyclic) bond motifs is 1. The zero-order valence-electron chi connectivity index (χ0n) is 18.2. The zero-order chi connectivity index (χ0) is 24.1. The first kappa shape index (κ1) is 23.2. The molecule has 0 unspecified atom stereocenters. The molecule has 0 spiro atoms. The highest BCUT2D eigenvalue weighted by Crippen LogP contribution is 2.32. The SMILES string of the molecule is CC(=O)N1CCO[C@@H](Cn2c(-c3c(F)cc(S(C)(=O)=O)cc3F)nc3cc(C)c(F)cc32)C1. The number of amides is 1. The number of aromatic nitrogens is 2. The Kier molecular flexibility index (Phi) is 5.95. The first-order valence-electron chi connectivity index (χ1n) is 10.2. The van der Waals surface area contributed by atoms with Crippen LogP contribution in [0.3, 0.4) is 0 Å². The maximum Gasteiger partial charge on any atom is 0.219 e. The lowest BCUT2D eigenvalue weighted by Gasteiger charge is -2.32. The van der Waals surface area contributed by atoms with Crippen molar-refractivity contribution in [2.75, 3.05) is 26.0 Å². The van der Waals surface area contributed by atoms with Crippen molar-refractivity contribution in [1.29, 1.82) is 0 Å². The normalized spacial score (nSPS) is 17.0. The van der Waals surface area contributed by atoms with Crippen LogP contribution in [0.5, 0.6) is 0 Å². The van der Waals surface area contributed by atoms with Gasteiger partial charge >= 0.3 is 0 Å². The number of hydrogen-bond acceptors (Lipinski definition) is 5. The molecule has 0 N–H and O–H groups in total. The van der Waals surface area contributed by atoms with Crippen LogP contribution < -0.4 is 0 Å². The Hall–Kier alpha value is -2.92. The van der Waals surface area contributed by atoms with Gasteiger partial charge in [0.05, 0.1) is 40.7 Å². The number of halogens is 3. The van der Waals surface area contributed by atoms with Crippen molar-refractivity contribution in [3.63, 3.8) is 0 Å². The maximum atomic E-state index is 15.0. The van der Waals surface area contributed by atoms with Crippen LogP contribution in [-0.4, -0.2) is 60.8 Å². The van der Waals surface area contributed by atoms with Crippen LogP contribution in [0.4, 0.5) is 13.2 Å². The molecule has 1 fully saturated rings. The molecule has 176 valence electrons. The molecule has 0 saturated carbocycles. The second kappa shape index (κ2) is 8.45. The van der Waals surface area contributed by atoms with Crippen LogP contribution >= 0.6 is 0 Å². The monoisotopic (exact) mass is 481 g/mol. The Morgan fingerprint density at radius 3 is 2.42 bits per heavy atom. The molecule has 7 nitrogen and oxygen atoms in total. The third-order valence-electron chi connectivity index (χ3n) is 5.67. The number of carbonyl (C=O) groups excluding carboxylic acids is 1. The molecule has 1 amide bonds. The predicted molar refractivity (Wildman–Crippen MR) is 115 cm³/mol. The molecular formula is C22H22F3N3O4S. The number of morpholine rings is 1. The van der Waals surface area contributed by atoms with Gasteiger partial charge in [0.1, 0.15) is 23.3 Å². The molecule has 2 aromatic carbocycles. The summed E-state index contributed by atoms with van der Waals surface area (Å²) in [6, 6.07) is 4.16. The van der Waals surface area contributed by atoms with E-state index < -0.39 is 43.9 Å². The van der Waals surface area contributed by atoms with Crippen molar-refractivity contribution in [3.8, 4) is 11.4 Å². The smallest absolute Gasteiger partial charge is 0.219 e. The average molecular weight is 481 g/mol. The maximum absolute atomic E-state index is 15.0. The van der Waals surface area contributed by atoms with Gasteiger partial charge in [-0.2, -0.15) is 0 Å². The number of imidazole rings is 1. The summed E-state index contributed by atoms with van der Waals surface area (Å²) in [5.74, 6) is -3.00. The minimum atomic E-state index is -3.84. The van der Waals surface area contributed by atoms with Gasteiger partial charge in [0, 0.05) is 32.3 Å². The van der Waals surface area contributed by atoms with E-state index in [0.717, 1.165) is 18.4 Å². The quantitative estimate of drug-likeness (QED) is 0.572. The molecule has 0 aliphatic carbocycles. The summed E-state index contributed by atoms with van der Waals surface area (Å²) in [6.45, 7) is 3.99. The second-order valence-electron chi connectivity index (χ2n) is 8.13. The first-order chi connectivity index (χ1) is 15.5. The highest BCUT2D eigenvalue weighted by atomic mass is 32.2. The van der Waals surface area contributed by atoms with Crippen LogP contribution in [0.2, 0.25) is 0 Å². The molecule has 1 aliphatic rings. The van der Waals surface area contributed by atoms with Gasteiger partial charge in [-0.25, -0.2) is 26.6 Å². The van der Waals surface area contributed by atoms with Gasteiger partial charge in [0.15, 0.2) is 9.84 Å². The number of carbonyl (C=O) groups is 1. The lowest BCUT2D eigenvalue weighted by molar-refractivity contribution is -0.136. The Labute approximate surface area is 188 Å². The highest BCUT2D eigenvalue weighted by molar-refractivity contribution is 7.90.